The van der Waals surface area contributed by atoms with Crippen LogP contribution >= 0.6 is 0 Å². The summed E-state index contributed by atoms with van der Waals surface area (Å²) in [7, 11) is 0. The Bertz CT molecular complexity index is 547. The predicted octanol–water partition coefficient (Wildman–Crippen LogP) is 3.02. The van der Waals surface area contributed by atoms with E-state index in [-0.39, 0.29) is 19.0 Å². The van der Waals surface area contributed by atoms with Gasteiger partial charge in [0.2, 0.25) is 0 Å². The molecule has 0 aromatic heterocycles. The van der Waals surface area contributed by atoms with Gasteiger partial charge in [0.05, 0.1) is 39.6 Å². The van der Waals surface area contributed by atoms with E-state index < -0.39 is 0 Å². The summed E-state index contributed by atoms with van der Waals surface area (Å²) in [5, 5.41) is 0. The van der Waals surface area contributed by atoms with Crippen molar-refractivity contribution in [2.45, 2.75) is 13.2 Å². The van der Waals surface area contributed by atoms with Crippen LogP contribution in [0.2, 0.25) is 0 Å². The van der Waals surface area contributed by atoms with Crippen LogP contribution in [0, 0.1) is 0 Å². The van der Waals surface area contributed by atoms with Gasteiger partial charge >= 0.3 is 0 Å². The fourth-order valence-corrected chi connectivity index (χ4v) is 2.18. The van der Waals surface area contributed by atoms with E-state index in [2.05, 4.69) is 0 Å². The van der Waals surface area contributed by atoms with Gasteiger partial charge in [0.25, 0.3) is 0 Å². The highest BCUT2D eigenvalue weighted by molar-refractivity contribution is 5.80. The number of carbonyl (C=O) groups excluding carboxylic acids is 1. The second-order valence-corrected chi connectivity index (χ2v) is 5.72. The number of ether oxygens (including phenoxy) is 4. The number of rotatable bonds is 14. The van der Waals surface area contributed by atoms with Gasteiger partial charge in [-0.15, -0.1) is 0 Å². The molecular weight excluding hydrogens is 332 g/mol. The van der Waals surface area contributed by atoms with E-state index in [0.717, 1.165) is 11.1 Å². The van der Waals surface area contributed by atoms with Crippen LogP contribution in [0.3, 0.4) is 0 Å². The number of benzene rings is 2. The lowest BCUT2D eigenvalue weighted by molar-refractivity contribution is -0.129. The zero-order valence-corrected chi connectivity index (χ0v) is 15.0. The summed E-state index contributed by atoms with van der Waals surface area (Å²) in [5.41, 5.74) is 2.23. The Hall–Kier alpha value is -2.05. The lowest BCUT2D eigenvalue weighted by atomic mass is 10.2. The molecule has 2 aromatic carbocycles. The van der Waals surface area contributed by atoms with E-state index in [9.17, 15) is 4.79 Å². The van der Waals surface area contributed by atoms with Gasteiger partial charge < -0.3 is 18.9 Å². The van der Waals surface area contributed by atoms with Crippen LogP contribution in [-0.2, 0) is 37.0 Å². The average molecular weight is 358 g/mol. The van der Waals surface area contributed by atoms with Gasteiger partial charge in [-0.2, -0.15) is 0 Å². The monoisotopic (exact) mass is 358 g/mol. The summed E-state index contributed by atoms with van der Waals surface area (Å²) in [6.07, 6.45) is 0. The standard InChI is InChI=1S/C21H26O5/c22-21(17-25-13-11-23-15-19-7-3-1-4-8-19)18-26-14-12-24-16-20-9-5-2-6-10-20/h1-10H,11-18H2. The summed E-state index contributed by atoms with van der Waals surface area (Å²) in [6, 6.07) is 19.8. The molecule has 0 N–H and O–H groups in total. The van der Waals surface area contributed by atoms with Crippen molar-refractivity contribution in [2.75, 3.05) is 39.6 Å². The van der Waals surface area contributed by atoms with E-state index in [0.29, 0.717) is 39.6 Å². The Kier molecular flexibility index (Phi) is 10.3. The minimum Gasteiger partial charge on any atom is -0.374 e. The van der Waals surface area contributed by atoms with Crippen LogP contribution in [-0.4, -0.2) is 45.4 Å². The molecule has 0 atom stereocenters. The molecule has 0 spiro atoms. The summed E-state index contributed by atoms with van der Waals surface area (Å²) in [5.74, 6) is -0.0869. The Balaban J connectivity index is 1.37. The minimum absolute atomic E-state index is 0.0412. The van der Waals surface area contributed by atoms with Gasteiger partial charge in [-0.3, -0.25) is 4.79 Å². The van der Waals surface area contributed by atoms with Crippen LogP contribution in [0.1, 0.15) is 11.1 Å². The molecule has 0 radical (unpaired) electrons. The number of carbonyl (C=O) groups is 1. The predicted molar refractivity (Wildman–Crippen MR) is 98.8 cm³/mol. The molecule has 0 fully saturated rings. The van der Waals surface area contributed by atoms with Crippen molar-refractivity contribution < 1.29 is 23.7 Å². The third kappa shape index (κ3) is 9.44. The zero-order chi connectivity index (χ0) is 18.3. The smallest absolute Gasteiger partial charge is 0.183 e. The summed E-state index contributed by atoms with van der Waals surface area (Å²) in [4.78, 5) is 11.6. The molecule has 5 nitrogen and oxygen atoms in total. The molecule has 26 heavy (non-hydrogen) atoms. The quantitative estimate of drug-likeness (QED) is 0.486. The van der Waals surface area contributed by atoms with E-state index in [1.165, 1.54) is 0 Å². The van der Waals surface area contributed by atoms with E-state index >= 15 is 0 Å². The second-order valence-electron chi connectivity index (χ2n) is 5.72. The topological polar surface area (TPSA) is 54.0 Å². The van der Waals surface area contributed by atoms with Gasteiger partial charge in [0.15, 0.2) is 5.78 Å². The van der Waals surface area contributed by atoms with Gasteiger partial charge in [-0.25, -0.2) is 0 Å². The molecule has 0 aliphatic rings. The van der Waals surface area contributed by atoms with Crippen LogP contribution in [0.15, 0.2) is 60.7 Å². The lowest BCUT2D eigenvalue weighted by Gasteiger charge is -2.07. The first-order valence-corrected chi connectivity index (χ1v) is 8.75. The van der Waals surface area contributed by atoms with Crippen molar-refractivity contribution in [3.63, 3.8) is 0 Å². The van der Waals surface area contributed by atoms with Gasteiger partial charge in [-0.1, -0.05) is 60.7 Å². The van der Waals surface area contributed by atoms with Gasteiger partial charge in [-0.05, 0) is 11.1 Å². The first-order chi connectivity index (χ1) is 12.8. The highest BCUT2D eigenvalue weighted by atomic mass is 16.5. The second kappa shape index (κ2) is 13.2. The zero-order valence-electron chi connectivity index (χ0n) is 15.0. The molecule has 0 saturated carbocycles. The Labute approximate surface area is 154 Å². The Morgan fingerprint density at radius 3 is 1.38 bits per heavy atom. The number of ketones is 1. The minimum atomic E-state index is -0.0869. The van der Waals surface area contributed by atoms with E-state index in [4.69, 9.17) is 18.9 Å². The van der Waals surface area contributed by atoms with E-state index in [1.807, 2.05) is 60.7 Å². The molecule has 0 amide bonds. The first kappa shape index (κ1) is 20.3. The first-order valence-electron chi connectivity index (χ1n) is 8.75. The third-order valence-electron chi connectivity index (χ3n) is 3.49. The summed E-state index contributed by atoms with van der Waals surface area (Å²) < 4.78 is 21.5. The molecule has 0 aliphatic heterocycles. The Morgan fingerprint density at radius 1 is 0.577 bits per heavy atom. The number of hydrogen-bond acceptors (Lipinski definition) is 5. The maximum Gasteiger partial charge on any atom is 0.183 e. The molecule has 5 heteroatoms. The largest absolute Gasteiger partial charge is 0.374 e. The van der Waals surface area contributed by atoms with E-state index in [1.54, 1.807) is 0 Å². The molecular formula is C21H26O5. The highest BCUT2D eigenvalue weighted by Gasteiger charge is 2.02. The maximum atomic E-state index is 11.6. The van der Waals surface area contributed by atoms with Crippen LogP contribution < -0.4 is 0 Å². The maximum absolute atomic E-state index is 11.6. The van der Waals surface area contributed by atoms with Gasteiger partial charge in [0.1, 0.15) is 13.2 Å². The average Bonchev–Trinajstić information content (AvgIpc) is 2.69. The fourth-order valence-electron chi connectivity index (χ4n) is 2.18. The normalized spacial score (nSPS) is 10.8. The molecule has 140 valence electrons. The molecule has 0 bridgehead atoms. The summed E-state index contributed by atoms with van der Waals surface area (Å²) >= 11 is 0. The highest BCUT2D eigenvalue weighted by Crippen LogP contribution is 2.01. The Morgan fingerprint density at radius 2 is 0.962 bits per heavy atom. The van der Waals surface area contributed by atoms with Crippen molar-refractivity contribution >= 4 is 5.78 Å². The molecule has 0 unspecified atom stereocenters. The summed E-state index contributed by atoms with van der Waals surface area (Å²) in [6.45, 7) is 2.86. The van der Waals surface area contributed by atoms with Crippen LogP contribution in [0.5, 0.6) is 0 Å². The molecule has 2 aromatic rings. The molecule has 2 rings (SSSR count). The van der Waals surface area contributed by atoms with Gasteiger partial charge in [0, 0.05) is 0 Å². The van der Waals surface area contributed by atoms with Crippen LogP contribution in [0.25, 0.3) is 0 Å². The molecule has 0 heterocycles. The van der Waals surface area contributed by atoms with Crippen molar-refractivity contribution in [2.24, 2.45) is 0 Å². The lowest BCUT2D eigenvalue weighted by Crippen LogP contribution is -2.18. The van der Waals surface area contributed by atoms with Crippen molar-refractivity contribution in [3.8, 4) is 0 Å². The van der Waals surface area contributed by atoms with Crippen LogP contribution in [0.4, 0.5) is 0 Å². The van der Waals surface area contributed by atoms with Crippen molar-refractivity contribution in [3.05, 3.63) is 71.8 Å². The fraction of sp³-hybridized carbons (Fsp3) is 0.381. The van der Waals surface area contributed by atoms with Crippen molar-refractivity contribution in [1.29, 1.82) is 0 Å². The SMILES string of the molecule is O=C(COCCOCc1ccccc1)COCCOCc1ccccc1. The number of hydrogen-bond donors (Lipinski definition) is 0. The molecule has 0 aliphatic carbocycles. The van der Waals surface area contributed by atoms with Crippen molar-refractivity contribution in [1.82, 2.24) is 0 Å². The number of Topliss-reactive ketones (excluding diaryl/α,β-unsaturated/α-hetero) is 1. The third-order valence-corrected chi connectivity index (χ3v) is 3.49. The molecule has 0 saturated heterocycles.